The van der Waals surface area contributed by atoms with E-state index in [2.05, 4.69) is 30.1 Å². The lowest BCUT2D eigenvalue weighted by Gasteiger charge is -2.12. The van der Waals surface area contributed by atoms with Gasteiger partial charge in [0.25, 0.3) is 0 Å². The monoisotopic (exact) mass is 310 g/mol. The third-order valence-electron chi connectivity index (χ3n) is 2.53. The van der Waals surface area contributed by atoms with E-state index in [4.69, 9.17) is 17.3 Å². The number of hydrogen-bond acceptors (Lipinski definition) is 4. The van der Waals surface area contributed by atoms with Crippen LogP contribution >= 0.6 is 35.1 Å². The van der Waals surface area contributed by atoms with Gasteiger partial charge in [-0.05, 0) is 35.6 Å². The van der Waals surface area contributed by atoms with Crippen LogP contribution in [0.25, 0.3) is 0 Å². The van der Waals surface area contributed by atoms with Crippen LogP contribution in [0, 0.1) is 0 Å². The fourth-order valence-electron chi connectivity index (χ4n) is 1.68. The van der Waals surface area contributed by atoms with Crippen molar-refractivity contribution in [3.8, 4) is 0 Å². The van der Waals surface area contributed by atoms with Crippen LogP contribution in [-0.4, -0.2) is 10.7 Å². The van der Waals surface area contributed by atoms with Crippen LogP contribution < -0.4 is 5.73 Å². The van der Waals surface area contributed by atoms with E-state index < -0.39 is 0 Å². The predicted molar refractivity (Wildman–Crippen MR) is 84.1 cm³/mol. The van der Waals surface area contributed by atoms with Gasteiger partial charge in [0, 0.05) is 22.5 Å². The van der Waals surface area contributed by atoms with Gasteiger partial charge < -0.3 is 5.73 Å². The van der Waals surface area contributed by atoms with Crippen molar-refractivity contribution in [1.82, 2.24) is 4.98 Å². The molecule has 0 amide bonds. The largest absolute Gasteiger partial charge is 0.326 e. The van der Waals surface area contributed by atoms with Crippen molar-refractivity contribution in [3.63, 3.8) is 0 Å². The summed E-state index contributed by atoms with van der Waals surface area (Å²) in [5, 5.41) is 1.49. The van der Waals surface area contributed by atoms with Crippen LogP contribution in [0.5, 0.6) is 0 Å². The Labute approximate surface area is 127 Å². The molecule has 2 N–H and O–H groups in total. The van der Waals surface area contributed by atoms with Gasteiger partial charge in [-0.15, -0.1) is 11.8 Å². The summed E-state index contributed by atoms with van der Waals surface area (Å²) in [7, 11) is 0. The van der Waals surface area contributed by atoms with E-state index in [-0.39, 0.29) is 0 Å². The predicted octanol–water partition coefficient (Wildman–Crippen LogP) is 4.46. The molecule has 19 heavy (non-hydrogen) atoms. The van der Waals surface area contributed by atoms with Crippen LogP contribution in [0.2, 0.25) is 5.02 Å². The summed E-state index contributed by atoms with van der Waals surface area (Å²) in [4.78, 5) is 6.67. The summed E-state index contributed by atoms with van der Waals surface area (Å²) in [5.74, 6) is 1.03. The van der Waals surface area contributed by atoms with Crippen LogP contribution in [0.4, 0.5) is 0 Å². The molecular weight excluding hydrogens is 296 g/mol. The zero-order valence-corrected chi connectivity index (χ0v) is 13.0. The highest BCUT2D eigenvalue weighted by atomic mass is 35.5. The van der Waals surface area contributed by atoms with E-state index in [0.717, 1.165) is 15.7 Å². The second-order valence-electron chi connectivity index (χ2n) is 3.76. The smallest absolute Gasteiger partial charge is 0.119 e. The minimum absolute atomic E-state index is 0.524. The second-order valence-corrected chi connectivity index (χ2v) is 6.51. The quantitative estimate of drug-likeness (QED) is 0.828. The third-order valence-corrected chi connectivity index (χ3v) is 5.05. The average molecular weight is 311 g/mol. The number of aromatic nitrogens is 1. The van der Waals surface area contributed by atoms with Crippen molar-refractivity contribution >= 4 is 35.1 Å². The first-order valence-electron chi connectivity index (χ1n) is 5.99. The number of nitrogens with zero attached hydrogens (tertiary/aromatic N) is 1. The van der Waals surface area contributed by atoms with Gasteiger partial charge in [-0.3, -0.25) is 0 Å². The molecule has 1 aromatic carbocycles. The maximum absolute atomic E-state index is 6.15. The molecule has 5 heteroatoms. The van der Waals surface area contributed by atoms with E-state index >= 15 is 0 Å². The summed E-state index contributed by atoms with van der Waals surface area (Å²) in [6.45, 7) is 2.66. The van der Waals surface area contributed by atoms with Gasteiger partial charge in [0.05, 0.1) is 5.02 Å². The summed E-state index contributed by atoms with van der Waals surface area (Å²) < 4.78 is 0. The molecule has 0 aliphatic heterocycles. The van der Waals surface area contributed by atoms with Gasteiger partial charge >= 0.3 is 0 Å². The summed E-state index contributed by atoms with van der Waals surface area (Å²) in [6, 6.07) is 9.91. The Kier molecular flexibility index (Phi) is 5.58. The number of hydrogen-bond donors (Lipinski definition) is 1. The first-order valence-corrected chi connectivity index (χ1v) is 8.17. The maximum Gasteiger partial charge on any atom is 0.119 e. The standard InChI is InChI=1S/C14H15ClN2S2/c1-2-18-12-6-3-7-13(10(12)9-16)19-14-11(15)5-4-8-17-14/h3-8H,2,9,16H2,1H3. The Balaban J connectivity index is 2.35. The number of pyridine rings is 1. The highest BCUT2D eigenvalue weighted by Crippen LogP contribution is 2.36. The molecule has 0 unspecified atom stereocenters. The minimum atomic E-state index is 0.524. The van der Waals surface area contributed by atoms with E-state index in [1.807, 2.05) is 23.9 Å². The van der Waals surface area contributed by atoms with Gasteiger partial charge in [-0.2, -0.15) is 0 Å². The average Bonchev–Trinajstić information content (AvgIpc) is 2.42. The van der Waals surface area contributed by atoms with Crippen molar-refractivity contribution in [3.05, 3.63) is 47.1 Å². The molecule has 0 saturated heterocycles. The van der Waals surface area contributed by atoms with Crippen molar-refractivity contribution in [2.45, 2.75) is 28.3 Å². The van der Waals surface area contributed by atoms with E-state index in [1.54, 1.807) is 18.0 Å². The van der Waals surface area contributed by atoms with Crippen molar-refractivity contribution in [2.75, 3.05) is 5.75 Å². The first kappa shape index (κ1) is 14.7. The molecule has 100 valence electrons. The minimum Gasteiger partial charge on any atom is -0.326 e. The molecule has 1 heterocycles. The van der Waals surface area contributed by atoms with Crippen molar-refractivity contribution in [1.29, 1.82) is 0 Å². The normalized spacial score (nSPS) is 10.7. The van der Waals surface area contributed by atoms with Gasteiger partial charge in [-0.25, -0.2) is 4.98 Å². The Morgan fingerprint density at radius 3 is 2.68 bits per heavy atom. The molecule has 0 aliphatic rings. The van der Waals surface area contributed by atoms with E-state index in [1.165, 1.54) is 10.5 Å². The van der Waals surface area contributed by atoms with Gasteiger partial charge in [0.15, 0.2) is 0 Å². The molecule has 0 saturated carbocycles. The van der Waals surface area contributed by atoms with Gasteiger partial charge in [0.2, 0.25) is 0 Å². The number of rotatable bonds is 5. The number of halogens is 1. The topological polar surface area (TPSA) is 38.9 Å². The number of nitrogens with two attached hydrogens (primary N) is 1. The molecule has 0 fully saturated rings. The molecule has 0 aliphatic carbocycles. The van der Waals surface area contributed by atoms with Crippen LogP contribution in [-0.2, 0) is 6.54 Å². The second kappa shape index (κ2) is 7.20. The molecule has 1 aromatic heterocycles. The van der Waals surface area contributed by atoms with Crippen LogP contribution in [0.3, 0.4) is 0 Å². The molecule has 0 bridgehead atoms. The molecule has 0 atom stereocenters. The number of thioether (sulfide) groups is 1. The fraction of sp³-hybridized carbons (Fsp3) is 0.214. The fourth-order valence-corrected chi connectivity index (χ4v) is 3.79. The highest BCUT2D eigenvalue weighted by Gasteiger charge is 2.10. The molecule has 2 rings (SSSR count). The van der Waals surface area contributed by atoms with E-state index in [9.17, 15) is 0 Å². The molecule has 2 nitrogen and oxygen atoms in total. The molecular formula is C14H15ClN2S2. The maximum atomic E-state index is 6.15. The van der Waals surface area contributed by atoms with E-state index in [0.29, 0.717) is 11.6 Å². The zero-order valence-electron chi connectivity index (χ0n) is 10.6. The Hall–Kier alpha value is -0.680. The van der Waals surface area contributed by atoms with Gasteiger partial charge in [0.1, 0.15) is 5.03 Å². The molecule has 0 radical (unpaired) electrons. The Morgan fingerprint density at radius 1 is 1.21 bits per heavy atom. The summed E-state index contributed by atoms with van der Waals surface area (Å²) in [6.07, 6.45) is 1.75. The van der Waals surface area contributed by atoms with Crippen molar-refractivity contribution in [2.24, 2.45) is 5.73 Å². The lowest BCUT2D eigenvalue weighted by Crippen LogP contribution is -2.01. The lowest BCUT2D eigenvalue weighted by atomic mass is 10.2. The molecule has 2 aromatic rings. The van der Waals surface area contributed by atoms with Crippen molar-refractivity contribution < 1.29 is 0 Å². The third kappa shape index (κ3) is 3.66. The zero-order chi connectivity index (χ0) is 13.7. The lowest BCUT2D eigenvalue weighted by molar-refractivity contribution is 0.977. The Morgan fingerprint density at radius 2 is 2.00 bits per heavy atom. The van der Waals surface area contributed by atoms with Gasteiger partial charge in [-0.1, -0.05) is 36.4 Å². The number of benzene rings is 1. The van der Waals surface area contributed by atoms with Crippen LogP contribution in [0.1, 0.15) is 12.5 Å². The molecule has 0 spiro atoms. The highest BCUT2D eigenvalue weighted by molar-refractivity contribution is 8.00. The SMILES string of the molecule is CCSc1cccc(Sc2ncccc2Cl)c1CN. The Bertz CT molecular complexity index is 561. The summed E-state index contributed by atoms with van der Waals surface area (Å²) >= 11 is 9.53. The first-order chi connectivity index (χ1) is 9.26. The summed E-state index contributed by atoms with van der Waals surface area (Å²) in [5.41, 5.74) is 7.06. The van der Waals surface area contributed by atoms with Crippen LogP contribution in [0.15, 0.2) is 51.3 Å².